The molecule has 2 bridgehead atoms. The third-order valence-electron chi connectivity index (χ3n) is 11.1. The molecule has 4 saturated heterocycles. The number of pyridine rings is 1. The van der Waals surface area contributed by atoms with E-state index in [4.69, 9.17) is 20.9 Å². The molecule has 49 heavy (non-hydrogen) atoms. The van der Waals surface area contributed by atoms with E-state index in [0.29, 0.717) is 55.4 Å². The summed E-state index contributed by atoms with van der Waals surface area (Å²) < 4.78 is 59.2. The van der Waals surface area contributed by atoms with E-state index in [2.05, 4.69) is 31.0 Å². The Labute approximate surface area is 281 Å². The number of piperazine rings is 1. The van der Waals surface area contributed by atoms with E-state index in [9.17, 15) is 13.9 Å². The number of phenols is 1. The first kappa shape index (κ1) is 30.8. The zero-order chi connectivity index (χ0) is 33.4. The Kier molecular flexibility index (Phi) is 7.37. The van der Waals surface area contributed by atoms with E-state index in [0.717, 1.165) is 38.5 Å². The number of phenolic OH excluding ortho intramolecular Hbond substituents is 1. The van der Waals surface area contributed by atoms with Gasteiger partial charge in [0.05, 0.1) is 29.2 Å². The van der Waals surface area contributed by atoms with Crippen LogP contribution in [0.3, 0.4) is 0 Å². The van der Waals surface area contributed by atoms with Gasteiger partial charge in [-0.25, -0.2) is 13.2 Å². The van der Waals surface area contributed by atoms with Crippen molar-refractivity contribution < 1.29 is 27.8 Å². The lowest BCUT2D eigenvalue weighted by atomic mass is 9.95. The van der Waals surface area contributed by atoms with Crippen LogP contribution in [-0.4, -0.2) is 93.7 Å². The molecule has 6 heterocycles. The Morgan fingerprint density at radius 3 is 2.65 bits per heavy atom. The van der Waals surface area contributed by atoms with Gasteiger partial charge in [-0.15, -0.1) is 6.42 Å². The van der Waals surface area contributed by atoms with Gasteiger partial charge in [0, 0.05) is 61.3 Å². The van der Waals surface area contributed by atoms with Gasteiger partial charge in [0.1, 0.15) is 41.4 Å². The summed E-state index contributed by atoms with van der Waals surface area (Å²) >= 11 is 0. The number of nitrogens with zero attached hydrogens (tertiary/aromatic N) is 5. The van der Waals surface area contributed by atoms with Crippen molar-refractivity contribution >= 4 is 27.5 Å². The van der Waals surface area contributed by atoms with Crippen molar-refractivity contribution in [2.24, 2.45) is 0 Å². The van der Waals surface area contributed by atoms with Crippen molar-refractivity contribution in [2.75, 3.05) is 37.7 Å². The number of ether oxygens (including phenoxy) is 2. The number of nitrogens with one attached hydrogen (secondary N) is 1. The van der Waals surface area contributed by atoms with Gasteiger partial charge in [-0.1, -0.05) is 12.0 Å². The third kappa shape index (κ3) is 5.34. The highest BCUT2D eigenvalue weighted by Crippen LogP contribution is 2.45. The van der Waals surface area contributed by atoms with Crippen LogP contribution in [0.1, 0.15) is 50.5 Å². The largest absolute Gasteiger partial charge is 0.508 e. The van der Waals surface area contributed by atoms with Crippen LogP contribution in [0.5, 0.6) is 11.8 Å². The first-order valence-electron chi connectivity index (χ1n) is 17.2. The number of aromatic hydroxyl groups is 1. The van der Waals surface area contributed by atoms with Gasteiger partial charge in [0.25, 0.3) is 0 Å². The fourth-order valence-corrected chi connectivity index (χ4v) is 8.68. The molecule has 254 valence electrons. The normalized spacial score (nSPS) is 28.0. The molecular weight excluding hydrogens is 633 g/mol. The first-order chi connectivity index (χ1) is 23.8. The number of fused-ring (bicyclic) bond motifs is 5. The maximum atomic E-state index is 16.9. The number of anilines is 1. The molecule has 4 aliphatic heterocycles. The van der Waals surface area contributed by atoms with Gasteiger partial charge in [-0.05, 0) is 62.1 Å². The minimum absolute atomic E-state index is 0.00475. The van der Waals surface area contributed by atoms with Crippen molar-refractivity contribution in [2.45, 2.75) is 80.9 Å². The van der Waals surface area contributed by atoms with Gasteiger partial charge >= 0.3 is 6.01 Å². The Hall–Kier alpha value is -4.18. The molecule has 9 rings (SSSR count). The maximum Gasteiger partial charge on any atom is 0.319 e. The smallest absolute Gasteiger partial charge is 0.319 e. The van der Waals surface area contributed by atoms with E-state index < -0.39 is 23.3 Å². The van der Waals surface area contributed by atoms with Crippen LogP contribution in [0, 0.1) is 24.0 Å². The van der Waals surface area contributed by atoms with Crippen molar-refractivity contribution in [1.29, 1.82) is 0 Å². The van der Waals surface area contributed by atoms with E-state index in [-0.39, 0.29) is 64.2 Å². The van der Waals surface area contributed by atoms with Crippen molar-refractivity contribution in [3.05, 3.63) is 47.7 Å². The van der Waals surface area contributed by atoms with Crippen LogP contribution in [0.4, 0.5) is 19.0 Å². The van der Waals surface area contributed by atoms with E-state index in [1.54, 1.807) is 0 Å². The minimum atomic E-state index is -0.974. The van der Waals surface area contributed by atoms with Gasteiger partial charge < -0.3 is 24.8 Å². The van der Waals surface area contributed by atoms with Crippen LogP contribution < -0.4 is 15.0 Å². The van der Waals surface area contributed by atoms with Crippen LogP contribution in [-0.2, 0) is 4.74 Å². The molecule has 5 atom stereocenters. The van der Waals surface area contributed by atoms with Gasteiger partial charge in [-0.2, -0.15) is 9.97 Å². The number of aromatic nitrogens is 3. The van der Waals surface area contributed by atoms with Gasteiger partial charge in [0.2, 0.25) is 0 Å². The monoisotopic (exact) mass is 670 g/mol. The van der Waals surface area contributed by atoms with Crippen molar-refractivity contribution in [3.63, 3.8) is 0 Å². The molecular formula is C37H37F3N6O3. The molecule has 5 fully saturated rings. The second kappa shape index (κ2) is 11.7. The molecule has 2 aromatic carbocycles. The molecule has 0 amide bonds. The van der Waals surface area contributed by atoms with Gasteiger partial charge in [0.15, 0.2) is 5.82 Å². The Morgan fingerprint density at radius 2 is 1.88 bits per heavy atom. The average molecular weight is 671 g/mol. The van der Waals surface area contributed by atoms with E-state index >= 15 is 4.39 Å². The fraction of sp³-hybridized carbons (Fsp3) is 0.486. The number of hydrogen-bond acceptors (Lipinski definition) is 9. The quantitative estimate of drug-likeness (QED) is 0.244. The first-order valence-corrected chi connectivity index (χ1v) is 17.2. The fourth-order valence-electron chi connectivity index (χ4n) is 8.68. The summed E-state index contributed by atoms with van der Waals surface area (Å²) in [7, 11) is 0. The molecule has 0 radical (unpaired) electrons. The summed E-state index contributed by atoms with van der Waals surface area (Å²) in [6, 6.07) is 6.16. The molecule has 4 aromatic rings. The molecule has 2 unspecified atom stereocenters. The minimum Gasteiger partial charge on any atom is -0.508 e. The van der Waals surface area contributed by atoms with Gasteiger partial charge in [-0.3, -0.25) is 9.88 Å². The second-order valence-electron chi connectivity index (χ2n) is 14.4. The van der Waals surface area contributed by atoms with Crippen molar-refractivity contribution in [3.8, 4) is 35.4 Å². The topological polar surface area (TPSA) is 95.9 Å². The molecule has 0 spiro atoms. The number of halogens is 3. The Bertz CT molecular complexity index is 2010. The lowest BCUT2D eigenvalue weighted by molar-refractivity contribution is 0.0301. The third-order valence-corrected chi connectivity index (χ3v) is 11.1. The lowest BCUT2D eigenvalue weighted by Crippen LogP contribution is -2.51. The standard InChI is InChI=1S/C37H37F3N6O3/c1-2-27-30(39)8-3-20-11-25(47)12-28(31(20)27)33-32(40)34-29(14-41-33)35(45-16-22-4-5-23(17-45)42-22)44-36(43-34)49-19-37-10-9-24(18-48-26-6-7-26)46(37)15-21(38)13-37/h1,3,8,11-12,14,21-24,26,42,47H,4-7,9-10,13,15-19H2/t21-,22-,23+,24?,37?/m1/s1. The Morgan fingerprint density at radius 1 is 1.06 bits per heavy atom. The lowest BCUT2D eigenvalue weighted by Gasteiger charge is -2.35. The molecule has 2 aromatic heterocycles. The van der Waals surface area contributed by atoms with E-state index in [1.165, 1.54) is 30.5 Å². The molecule has 5 aliphatic rings. The highest BCUT2D eigenvalue weighted by atomic mass is 19.1. The molecule has 1 aliphatic carbocycles. The van der Waals surface area contributed by atoms with Crippen LogP contribution in [0.25, 0.3) is 32.9 Å². The number of terminal acetylenes is 1. The maximum absolute atomic E-state index is 16.9. The summed E-state index contributed by atoms with van der Waals surface area (Å²) in [6.07, 6.45) is 12.8. The number of benzene rings is 2. The van der Waals surface area contributed by atoms with Crippen LogP contribution in [0.15, 0.2) is 30.5 Å². The summed E-state index contributed by atoms with van der Waals surface area (Å²) in [5, 5.41) is 15.3. The Balaban J connectivity index is 1.13. The van der Waals surface area contributed by atoms with E-state index in [1.807, 2.05) is 0 Å². The number of rotatable bonds is 8. The summed E-state index contributed by atoms with van der Waals surface area (Å²) in [4.78, 5) is 18.3. The van der Waals surface area contributed by atoms with Crippen LogP contribution >= 0.6 is 0 Å². The molecule has 1 saturated carbocycles. The summed E-state index contributed by atoms with van der Waals surface area (Å²) in [6.45, 7) is 2.43. The zero-order valence-corrected chi connectivity index (χ0v) is 27.0. The number of hydrogen-bond donors (Lipinski definition) is 2. The zero-order valence-electron chi connectivity index (χ0n) is 27.0. The van der Waals surface area contributed by atoms with Crippen molar-refractivity contribution in [1.82, 2.24) is 25.2 Å². The molecule has 12 heteroatoms. The van der Waals surface area contributed by atoms with Crippen LogP contribution in [0.2, 0.25) is 0 Å². The molecule has 9 nitrogen and oxygen atoms in total. The average Bonchev–Trinajstić information content (AvgIpc) is 3.68. The highest BCUT2D eigenvalue weighted by Gasteiger charge is 2.54. The summed E-state index contributed by atoms with van der Waals surface area (Å²) in [5.41, 5.74) is -0.591. The second-order valence-corrected chi connectivity index (χ2v) is 14.4. The SMILES string of the molecule is C#Cc1c(F)ccc2cc(O)cc(-c3ncc4c(N5C[C@H]6CC[C@@H](C5)N6)nc(OCC56CCC(COC7CC7)N5C[C@H](F)C6)nc4c3F)c12. The summed E-state index contributed by atoms with van der Waals surface area (Å²) in [5.74, 6) is 1.34. The number of alkyl halides is 1. The highest BCUT2D eigenvalue weighted by molar-refractivity contribution is 6.03. The molecule has 2 N–H and O–H groups in total. The predicted octanol–water partition coefficient (Wildman–Crippen LogP) is 5.25. The predicted molar refractivity (Wildman–Crippen MR) is 178 cm³/mol.